The number of rotatable bonds is 3. The predicted molar refractivity (Wildman–Crippen MR) is 51.6 cm³/mol. The van der Waals surface area contributed by atoms with E-state index < -0.39 is 47.6 Å². The SMILES string of the molecule is CC(OCc1c(F)cc(F)cc1F)(C(F)(F)F)C(F)(F)F. The van der Waals surface area contributed by atoms with Crippen LogP contribution in [0.2, 0.25) is 0 Å². The van der Waals surface area contributed by atoms with Gasteiger partial charge in [0.15, 0.2) is 0 Å². The average molecular weight is 326 g/mol. The highest BCUT2D eigenvalue weighted by molar-refractivity contribution is 5.20. The number of ether oxygens (including phenoxy) is 1. The highest BCUT2D eigenvalue weighted by atomic mass is 19.4. The zero-order valence-corrected chi connectivity index (χ0v) is 10.2. The molecule has 1 nitrogen and oxygen atoms in total. The first-order valence-electron chi connectivity index (χ1n) is 5.20. The Balaban J connectivity index is 3.10. The third kappa shape index (κ3) is 3.42. The predicted octanol–water partition coefficient (Wildman–Crippen LogP) is 4.50. The summed E-state index contributed by atoms with van der Waals surface area (Å²) in [6.45, 7) is -1.99. The largest absolute Gasteiger partial charge is 0.426 e. The highest BCUT2D eigenvalue weighted by Gasteiger charge is 2.69. The smallest absolute Gasteiger partial charge is 0.353 e. The van der Waals surface area contributed by atoms with Crippen molar-refractivity contribution >= 4 is 0 Å². The van der Waals surface area contributed by atoms with Crippen LogP contribution < -0.4 is 0 Å². The van der Waals surface area contributed by atoms with Gasteiger partial charge in [0.05, 0.1) is 6.61 Å². The standard InChI is InChI=1S/C11H7F9O/c1-9(10(15,16)17,11(18,19)20)21-4-6-7(13)2-5(12)3-8(6)14/h2-3H,4H2,1H3. The molecular formula is C11H7F9O. The number of hydrogen-bond donors (Lipinski definition) is 0. The molecule has 0 saturated carbocycles. The second-order valence-electron chi connectivity index (χ2n) is 4.17. The Morgan fingerprint density at radius 3 is 1.57 bits per heavy atom. The normalized spacial score (nSPS) is 13.6. The summed E-state index contributed by atoms with van der Waals surface area (Å²) in [4.78, 5) is 0. The number of benzene rings is 1. The van der Waals surface area contributed by atoms with E-state index in [0.717, 1.165) is 0 Å². The summed E-state index contributed by atoms with van der Waals surface area (Å²) in [5.41, 5.74) is -5.86. The van der Waals surface area contributed by atoms with Crippen LogP contribution in [0, 0.1) is 17.5 Å². The van der Waals surface area contributed by atoms with E-state index in [1.54, 1.807) is 0 Å². The quantitative estimate of drug-likeness (QED) is 0.743. The van der Waals surface area contributed by atoms with E-state index in [9.17, 15) is 39.5 Å². The second-order valence-corrected chi connectivity index (χ2v) is 4.17. The van der Waals surface area contributed by atoms with Gasteiger partial charge in [0, 0.05) is 17.7 Å². The first kappa shape index (κ1) is 17.6. The monoisotopic (exact) mass is 326 g/mol. The first-order valence-corrected chi connectivity index (χ1v) is 5.20. The van der Waals surface area contributed by atoms with E-state index in [4.69, 9.17) is 0 Å². The molecule has 1 rings (SSSR count). The maximum atomic E-state index is 13.2. The minimum Gasteiger partial charge on any atom is -0.353 e. The molecule has 0 N–H and O–H groups in total. The highest BCUT2D eigenvalue weighted by Crippen LogP contribution is 2.46. The molecule has 0 aliphatic rings. The molecule has 120 valence electrons. The van der Waals surface area contributed by atoms with Gasteiger partial charge in [-0.25, -0.2) is 13.2 Å². The minimum atomic E-state index is -5.86. The molecule has 0 aliphatic carbocycles. The van der Waals surface area contributed by atoms with E-state index in [1.165, 1.54) is 0 Å². The zero-order chi connectivity index (χ0) is 16.6. The van der Waals surface area contributed by atoms with Crippen LogP contribution in [-0.2, 0) is 11.3 Å². The van der Waals surface area contributed by atoms with Gasteiger partial charge in [-0.05, 0) is 6.92 Å². The van der Waals surface area contributed by atoms with Crippen LogP contribution in [0.5, 0.6) is 0 Å². The van der Waals surface area contributed by atoms with Crippen LogP contribution in [0.3, 0.4) is 0 Å². The zero-order valence-electron chi connectivity index (χ0n) is 10.2. The van der Waals surface area contributed by atoms with Gasteiger partial charge in [-0.3, -0.25) is 0 Å². The first-order chi connectivity index (χ1) is 9.29. The Kier molecular flexibility index (Phi) is 4.52. The molecule has 1 aromatic carbocycles. The van der Waals surface area contributed by atoms with Crippen LogP contribution in [0.25, 0.3) is 0 Å². The molecule has 0 bridgehead atoms. The van der Waals surface area contributed by atoms with E-state index in [1.807, 2.05) is 0 Å². The summed E-state index contributed by atoms with van der Waals surface area (Å²) in [5.74, 6) is -4.68. The third-order valence-electron chi connectivity index (χ3n) is 2.69. The number of alkyl halides is 6. The maximum absolute atomic E-state index is 13.2. The number of halogens is 9. The molecule has 0 heterocycles. The third-order valence-corrected chi connectivity index (χ3v) is 2.69. The van der Waals surface area contributed by atoms with Crippen molar-refractivity contribution < 1.29 is 44.3 Å². The van der Waals surface area contributed by atoms with Gasteiger partial charge in [0.1, 0.15) is 17.5 Å². The summed E-state index contributed by atoms with van der Waals surface area (Å²) >= 11 is 0. The molecule has 0 saturated heterocycles. The Hall–Kier alpha value is -1.45. The van der Waals surface area contributed by atoms with Crippen molar-refractivity contribution in [1.82, 2.24) is 0 Å². The summed E-state index contributed by atoms with van der Waals surface area (Å²) in [7, 11) is 0. The lowest BCUT2D eigenvalue weighted by atomic mass is 10.1. The van der Waals surface area contributed by atoms with Crippen molar-refractivity contribution in [2.75, 3.05) is 0 Å². The van der Waals surface area contributed by atoms with Gasteiger partial charge < -0.3 is 4.74 Å². The molecule has 0 aliphatic heterocycles. The fourth-order valence-electron chi connectivity index (χ4n) is 1.25. The summed E-state index contributed by atoms with van der Waals surface area (Å²) in [6, 6.07) is 0.223. The molecule has 0 atom stereocenters. The lowest BCUT2D eigenvalue weighted by molar-refractivity contribution is -0.377. The van der Waals surface area contributed by atoms with Gasteiger partial charge in [-0.1, -0.05) is 0 Å². The number of hydrogen-bond acceptors (Lipinski definition) is 1. The van der Waals surface area contributed by atoms with E-state index >= 15 is 0 Å². The molecule has 1 aromatic rings. The van der Waals surface area contributed by atoms with Crippen molar-refractivity contribution in [3.05, 3.63) is 35.1 Å². The van der Waals surface area contributed by atoms with Crippen LogP contribution in [0.4, 0.5) is 39.5 Å². The second kappa shape index (κ2) is 5.39. The van der Waals surface area contributed by atoms with Crippen LogP contribution in [-0.4, -0.2) is 18.0 Å². The van der Waals surface area contributed by atoms with Gasteiger partial charge in [-0.2, -0.15) is 26.3 Å². The molecule has 0 spiro atoms. The van der Waals surface area contributed by atoms with Crippen molar-refractivity contribution in [3.8, 4) is 0 Å². The van der Waals surface area contributed by atoms with Crippen LogP contribution in [0.1, 0.15) is 12.5 Å². The fourth-order valence-corrected chi connectivity index (χ4v) is 1.25. The molecular weight excluding hydrogens is 319 g/mol. The molecule has 0 fully saturated rings. The van der Waals surface area contributed by atoms with Crippen molar-refractivity contribution in [1.29, 1.82) is 0 Å². The summed E-state index contributed by atoms with van der Waals surface area (Å²) in [6.07, 6.45) is -11.7. The van der Waals surface area contributed by atoms with Crippen LogP contribution in [0.15, 0.2) is 12.1 Å². The van der Waals surface area contributed by atoms with Gasteiger partial charge in [-0.15, -0.1) is 0 Å². The molecule has 0 amide bonds. The summed E-state index contributed by atoms with van der Waals surface area (Å²) < 4.78 is 117. The van der Waals surface area contributed by atoms with Crippen LogP contribution >= 0.6 is 0 Å². The van der Waals surface area contributed by atoms with Crippen molar-refractivity contribution in [3.63, 3.8) is 0 Å². The molecule has 0 aromatic heterocycles. The Labute approximate surface area is 112 Å². The lowest BCUT2D eigenvalue weighted by Crippen LogP contribution is -2.56. The van der Waals surface area contributed by atoms with Crippen molar-refractivity contribution in [2.24, 2.45) is 0 Å². The van der Waals surface area contributed by atoms with Gasteiger partial charge in [0.2, 0.25) is 0 Å². The average Bonchev–Trinajstić information content (AvgIpc) is 2.23. The Bertz CT molecular complexity index is 480. The minimum absolute atomic E-state index is 0.111. The van der Waals surface area contributed by atoms with E-state index in [0.29, 0.717) is 0 Å². The fraction of sp³-hybridized carbons (Fsp3) is 0.455. The van der Waals surface area contributed by atoms with E-state index in [-0.39, 0.29) is 19.1 Å². The molecule has 21 heavy (non-hydrogen) atoms. The molecule has 0 radical (unpaired) electrons. The van der Waals surface area contributed by atoms with E-state index in [2.05, 4.69) is 4.74 Å². The molecule has 0 unspecified atom stereocenters. The maximum Gasteiger partial charge on any atom is 0.426 e. The Morgan fingerprint density at radius 2 is 1.24 bits per heavy atom. The summed E-state index contributed by atoms with van der Waals surface area (Å²) in [5, 5.41) is 0. The van der Waals surface area contributed by atoms with Crippen molar-refractivity contribution in [2.45, 2.75) is 31.5 Å². The topological polar surface area (TPSA) is 9.23 Å². The Morgan fingerprint density at radius 1 is 0.857 bits per heavy atom. The lowest BCUT2D eigenvalue weighted by Gasteiger charge is -2.33. The molecule has 10 heteroatoms. The van der Waals surface area contributed by atoms with Gasteiger partial charge in [0.25, 0.3) is 5.60 Å². The van der Waals surface area contributed by atoms with Gasteiger partial charge >= 0.3 is 12.4 Å².